The first-order valence-electron chi connectivity index (χ1n) is 7.26. The summed E-state index contributed by atoms with van der Waals surface area (Å²) in [4.78, 5) is 31.9. The summed E-state index contributed by atoms with van der Waals surface area (Å²) in [6, 6.07) is -0.510. The number of ether oxygens (including phenoxy) is 1. The highest BCUT2D eigenvalue weighted by atomic mass is 16.5. The van der Waals surface area contributed by atoms with E-state index in [2.05, 4.69) is 9.97 Å². The maximum atomic E-state index is 11.9. The Balaban J connectivity index is 2.06. The minimum absolute atomic E-state index is 0.0926. The minimum atomic E-state index is -0.867. The van der Waals surface area contributed by atoms with Crippen molar-refractivity contribution in [1.82, 2.24) is 9.97 Å². The van der Waals surface area contributed by atoms with Crippen LogP contribution in [0.1, 0.15) is 32.1 Å². The van der Waals surface area contributed by atoms with Crippen molar-refractivity contribution in [1.29, 1.82) is 0 Å². The molecule has 7 heteroatoms. The molecule has 1 aromatic heterocycles. The van der Waals surface area contributed by atoms with Crippen molar-refractivity contribution in [2.24, 2.45) is 5.92 Å². The highest BCUT2D eigenvalue weighted by Crippen LogP contribution is 2.43. The predicted molar refractivity (Wildman–Crippen MR) is 75.7 cm³/mol. The molecule has 7 nitrogen and oxygen atoms in total. The van der Waals surface area contributed by atoms with Crippen LogP contribution in [-0.4, -0.2) is 40.2 Å². The van der Waals surface area contributed by atoms with E-state index in [9.17, 15) is 14.7 Å². The number of aromatic nitrogens is 2. The zero-order valence-electron chi connectivity index (χ0n) is 11.9. The maximum Gasteiger partial charge on any atom is 0.326 e. The van der Waals surface area contributed by atoms with E-state index < -0.39 is 12.0 Å². The van der Waals surface area contributed by atoms with E-state index in [1.807, 2.05) is 0 Å². The zero-order valence-corrected chi connectivity index (χ0v) is 11.9. The van der Waals surface area contributed by atoms with Crippen molar-refractivity contribution in [2.75, 3.05) is 12.0 Å². The largest absolute Gasteiger partial charge is 0.489 e. The third-order valence-electron chi connectivity index (χ3n) is 4.61. The number of aliphatic carboxylic acids is 1. The Bertz CT molecular complexity index is 600. The van der Waals surface area contributed by atoms with Crippen LogP contribution in [0.25, 0.3) is 0 Å². The van der Waals surface area contributed by atoms with Crippen molar-refractivity contribution in [3.05, 3.63) is 16.7 Å². The molecule has 114 valence electrons. The molecule has 3 rings (SSSR count). The average Bonchev–Trinajstić information content (AvgIpc) is 2.86. The molecular weight excluding hydrogens is 274 g/mol. The van der Waals surface area contributed by atoms with Gasteiger partial charge >= 0.3 is 5.97 Å². The predicted octanol–water partition coefficient (Wildman–Crippen LogP) is 1.00. The number of aromatic amines is 1. The summed E-state index contributed by atoms with van der Waals surface area (Å²) in [5, 5.41) is 9.53. The van der Waals surface area contributed by atoms with Crippen LogP contribution in [0.5, 0.6) is 5.75 Å². The summed E-state index contributed by atoms with van der Waals surface area (Å²) < 4.78 is 5.16. The van der Waals surface area contributed by atoms with Gasteiger partial charge in [-0.2, -0.15) is 0 Å². The topological polar surface area (TPSA) is 95.5 Å². The summed E-state index contributed by atoms with van der Waals surface area (Å²) in [6.45, 7) is 0. The molecule has 1 aliphatic carbocycles. The molecule has 3 unspecified atom stereocenters. The Labute approximate surface area is 121 Å². The van der Waals surface area contributed by atoms with Gasteiger partial charge in [0.2, 0.25) is 5.75 Å². The Hall–Kier alpha value is -2.05. The molecule has 0 aromatic carbocycles. The molecule has 2 N–H and O–H groups in total. The van der Waals surface area contributed by atoms with E-state index >= 15 is 0 Å². The van der Waals surface area contributed by atoms with Gasteiger partial charge in [-0.25, -0.2) is 9.78 Å². The summed E-state index contributed by atoms with van der Waals surface area (Å²) >= 11 is 0. The fourth-order valence-electron chi connectivity index (χ4n) is 3.73. The van der Waals surface area contributed by atoms with Crippen LogP contribution in [0.3, 0.4) is 0 Å². The zero-order chi connectivity index (χ0) is 15.0. The molecule has 21 heavy (non-hydrogen) atoms. The quantitative estimate of drug-likeness (QED) is 0.863. The van der Waals surface area contributed by atoms with Gasteiger partial charge in [0.25, 0.3) is 5.56 Å². The number of carboxylic acids is 1. The van der Waals surface area contributed by atoms with Crippen molar-refractivity contribution in [3.8, 4) is 5.75 Å². The van der Waals surface area contributed by atoms with Crippen LogP contribution >= 0.6 is 0 Å². The summed E-state index contributed by atoms with van der Waals surface area (Å²) in [5.74, 6) is -0.0720. The first-order chi connectivity index (χ1) is 10.1. The van der Waals surface area contributed by atoms with Gasteiger partial charge in [-0.15, -0.1) is 0 Å². The minimum Gasteiger partial charge on any atom is -0.489 e. The van der Waals surface area contributed by atoms with Crippen LogP contribution in [0.2, 0.25) is 0 Å². The van der Waals surface area contributed by atoms with Crippen LogP contribution < -0.4 is 15.2 Å². The smallest absolute Gasteiger partial charge is 0.326 e. The molecule has 1 saturated heterocycles. The van der Waals surface area contributed by atoms with Gasteiger partial charge in [-0.3, -0.25) is 4.79 Å². The Morgan fingerprint density at radius 2 is 2.24 bits per heavy atom. The molecule has 0 radical (unpaired) electrons. The van der Waals surface area contributed by atoms with Gasteiger partial charge in [0.1, 0.15) is 6.04 Å². The Morgan fingerprint density at radius 3 is 2.95 bits per heavy atom. The number of rotatable bonds is 3. The molecular formula is C14H19N3O4. The summed E-state index contributed by atoms with van der Waals surface area (Å²) in [5.41, 5.74) is -0.383. The number of nitrogens with one attached hydrogen (secondary N) is 1. The number of anilines is 1. The number of fused-ring (bicyclic) bond motifs is 1. The number of carbonyl (C=O) groups is 1. The molecule has 0 amide bonds. The van der Waals surface area contributed by atoms with E-state index in [0.717, 1.165) is 25.7 Å². The number of carboxylic acid groups (broad SMARTS) is 1. The molecule has 0 bridgehead atoms. The average molecular weight is 293 g/mol. The summed E-state index contributed by atoms with van der Waals surface area (Å²) in [6.07, 6.45) is 6.10. The van der Waals surface area contributed by atoms with E-state index in [-0.39, 0.29) is 17.4 Å². The van der Waals surface area contributed by atoms with Gasteiger partial charge in [-0.05, 0) is 25.2 Å². The van der Waals surface area contributed by atoms with Gasteiger partial charge < -0.3 is 19.7 Å². The van der Waals surface area contributed by atoms with Crippen LogP contribution in [0, 0.1) is 5.92 Å². The lowest BCUT2D eigenvalue weighted by molar-refractivity contribution is -0.138. The van der Waals surface area contributed by atoms with Crippen molar-refractivity contribution in [3.63, 3.8) is 0 Å². The molecule has 1 saturated carbocycles. The van der Waals surface area contributed by atoms with Crippen LogP contribution in [-0.2, 0) is 4.79 Å². The first-order valence-corrected chi connectivity index (χ1v) is 7.26. The SMILES string of the molecule is COc1c(N2C(C(=O)O)CC3CCCCC32)nc[nH]c1=O. The second-order valence-electron chi connectivity index (χ2n) is 5.70. The third-order valence-corrected chi connectivity index (χ3v) is 4.61. The fourth-order valence-corrected chi connectivity index (χ4v) is 3.73. The molecule has 1 aliphatic heterocycles. The summed E-state index contributed by atoms with van der Waals surface area (Å²) in [7, 11) is 1.40. The Morgan fingerprint density at radius 1 is 1.48 bits per heavy atom. The van der Waals surface area contributed by atoms with Crippen LogP contribution in [0.15, 0.2) is 11.1 Å². The van der Waals surface area contributed by atoms with E-state index in [0.29, 0.717) is 18.2 Å². The van der Waals surface area contributed by atoms with Gasteiger partial charge in [-0.1, -0.05) is 12.8 Å². The monoisotopic (exact) mass is 293 g/mol. The van der Waals surface area contributed by atoms with Gasteiger partial charge in [0.05, 0.1) is 13.4 Å². The molecule has 3 atom stereocenters. The second kappa shape index (κ2) is 5.38. The number of H-pyrrole nitrogens is 1. The van der Waals surface area contributed by atoms with Gasteiger partial charge in [0.15, 0.2) is 5.82 Å². The highest BCUT2D eigenvalue weighted by molar-refractivity contribution is 5.79. The molecule has 2 heterocycles. The van der Waals surface area contributed by atoms with Crippen molar-refractivity contribution >= 4 is 11.8 Å². The van der Waals surface area contributed by atoms with E-state index in [4.69, 9.17) is 4.74 Å². The first kappa shape index (κ1) is 13.9. The lowest BCUT2D eigenvalue weighted by atomic mass is 9.85. The Kier molecular flexibility index (Phi) is 3.57. The normalized spacial score (nSPS) is 28.2. The third kappa shape index (κ3) is 2.26. The number of methoxy groups -OCH3 is 1. The number of nitrogens with zero attached hydrogens (tertiary/aromatic N) is 2. The lowest BCUT2D eigenvalue weighted by Gasteiger charge is -2.34. The highest BCUT2D eigenvalue weighted by Gasteiger charge is 2.47. The number of hydrogen-bond donors (Lipinski definition) is 2. The van der Waals surface area contributed by atoms with Crippen molar-refractivity contribution < 1.29 is 14.6 Å². The van der Waals surface area contributed by atoms with E-state index in [1.54, 1.807) is 4.90 Å². The fraction of sp³-hybridized carbons (Fsp3) is 0.643. The number of hydrogen-bond acceptors (Lipinski definition) is 5. The van der Waals surface area contributed by atoms with Gasteiger partial charge in [0, 0.05) is 6.04 Å². The maximum absolute atomic E-state index is 11.9. The molecule has 1 aromatic rings. The second-order valence-corrected chi connectivity index (χ2v) is 5.70. The molecule has 2 aliphatic rings. The molecule has 0 spiro atoms. The van der Waals surface area contributed by atoms with Crippen molar-refractivity contribution in [2.45, 2.75) is 44.2 Å². The standard InChI is InChI=1S/C14H19N3O4/c1-21-11-12(15-7-16-13(11)18)17-9-5-3-2-4-8(9)6-10(17)14(19)20/h7-10H,2-6H2,1H3,(H,19,20)(H,15,16,18). The van der Waals surface area contributed by atoms with Crippen LogP contribution in [0.4, 0.5) is 5.82 Å². The van der Waals surface area contributed by atoms with E-state index in [1.165, 1.54) is 13.4 Å². The lowest BCUT2D eigenvalue weighted by Crippen LogP contribution is -2.43. The molecule has 2 fully saturated rings.